The molecule has 0 atom stereocenters. The van der Waals surface area contributed by atoms with E-state index in [1.54, 1.807) is 4.40 Å². The molecule has 0 spiro atoms. The second-order valence-electron chi connectivity index (χ2n) is 8.43. The van der Waals surface area contributed by atoms with Gasteiger partial charge in [-0.25, -0.2) is 9.97 Å². The van der Waals surface area contributed by atoms with Crippen LogP contribution in [0.5, 0.6) is 5.88 Å². The van der Waals surface area contributed by atoms with Crippen LogP contribution >= 0.6 is 0 Å². The number of benzene rings is 2. The molecule has 2 aromatic carbocycles. The van der Waals surface area contributed by atoms with E-state index < -0.39 is 0 Å². The smallest absolute Gasteiger partial charge is 0.219 e. The van der Waals surface area contributed by atoms with Crippen LogP contribution in [0, 0.1) is 0 Å². The summed E-state index contributed by atoms with van der Waals surface area (Å²) in [5.41, 5.74) is 5.06. The van der Waals surface area contributed by atoms with Gasteiger partial charge < -0.3 is 9.52 Å². The molecule has 3 heterocycles. The highest BCUT2D eigenvalue weighted by molar-refractivity contribution is 5.63. The van der Waals surface area contributed by atoms with Crippen LogP contribution in [0.25, 0.3) is 16.9 Å². The fraction of sp³-hybridized carbons (Fsp3) is 0.185. The van der Waals surface area contributed by atoms with Crippen molar-refractivity contribution in [3.63, 3.8) is 0 Å². The van der Waals surface area contributed by atoms with Gasteiger partial charge in [-0.2, -0.15) is 0 Å². The number of hydrogen-bond acceptors (Lipinski definition) is 4. The Kier molecular flexibility index (Phi) is 4.53. The molecule has 1 saturated carbocycles. The number of imidazole rings is 1. The van der Waals surface area contributed by atoms with E-state index in [1.165, 1.54) is 12.8 Å². The summed E-state index contributed by atoms with van der Waals surface area (Å²) in [6.07, 6.45) is 5.34. The van der Waals surface area contributed by atoms with Crippen molar-refractivity contribution in [3.05, 3.63) is 107 Å². The van der Waals surface area contributed by atoms with Gasteiger partial charge in [0, 0.05) is 24.1 Å². The van der Waals surface area contributed by atoms with E-state index in [9.17, 15) is 5.11 Å². The van der Waals surface area contributed by atoms with Crippen LogP contribution < -0.4 is 0 Å². The summed E-state index contributed by atoms with van der Waals surface area (Å²) in [6.45, 7) is 0. The van der Waals surface area contributed by atoms with Crippen LogP contribution in [-0.4, -0.2) is 19.5 Å². The van der Waals surface area contributed by atoms with Crippen LogP contribution in [0.2, 0.25) is 0 Å². The van der Waals surface area contributed by atoms with E-state index >= 15 is 0 Å². The highest BCUT2D eigenvalue weighted by Gasteiger charge is 2.27. The normalized spacial score (nSPS) is 13.6. The van der Waals surface area contributed by atoms with E-state index in [-0.39, 0.29) is 5.88 Å². The Morgan fingerprint density at radius 2 is 1.59 bits per heavy atom. The van der Waals surface area contributed by atoms with Gasteiger partial charge in [0.1, 0.15) is 17.2 Å². The maximum atomic E-state index is 11.1. The molecule has 0 saturated heterocycles. The first-order valence-electron chi connectivity index (χ1n) is 11.0. The molecule has 0 bridgehead atoms. The lowest BCUT2D eigenvalue weighted by molar-refractivity contribution is 0.434. The van der Waals surface area contributed by atoms with Gasteiger partial charge in [-0.05, 0) is 30.5 Å². The molecule has 6 rings (SSSR count). The molecule has 5 heteroatoms. The highest BCUT2D eigenvalue weighted by Crippen LogP contribution is 2.41. The quantitative estimate of drug-likeness (QED) is 0.379. The molecular weight excluding hydrogens is 398 g/mol. The van der Waals surface area contributed by atoms with Crippen LogP contribution in [0.4, 0.5) is 0 Å². The SMILES string of the molecule is Oc1c(Cc2ccc(C3CC3)o2)nc2c(Cc3ccccc3)nc(-c3ccccc3)cn12. The zero-order chi connectivity index (χ0) is 21.5. The zero-order valence-electron chi connectivity index (χ0n) is 17.6. The number of aromatic hydroxyl groups is 1. The van der Waals surface area contributed by atoms with Crippen LogP contribution in [0.15, 0.2) is 83.4 Å². The summed E-state index contributed by atoms with van der Waals surface area (Å²) in [5.74, 6) is 2.57. The van der Waals surface area contributed by atoms with Crippen molar-refractivity contribution in [1.29, 1.82) is 0 Å². The van der Waals surface area contributed by atoms with Gasteiger partial charge in [-0.15, -0.1) is 0 Å². The summed E-state index contributed by atoms with van der Waals surface area (Å²) in [6, 6.07) is 24.3. The third-order valence-corrected chi connectivity index (χ3v) is 6.01. The molecular formula is C27H23N3O2. The molecule has 0 radical (unpaired) electrons. The Morgan fingerprint density at radius 3 is 2.34 bits per heavy atom. The molecule has 1 N–H and O–H groups in total. The van der Waals surface area contributed by atoms with Crippen molar-refractivity contribution in [2.45, 2.75) is 31.6 Å². The second kappa shape index (κ2) is 7.68. The van der Waals surface area contributed by atoms with Gasteiger partial charge in [-0.1, -0.05) is 60.7 Å². The molecule has 0 unspecified atom stereocenters. The number of rotatable bonds is 6. The van der Waals surface area contributed by atoms with Crippen LogP contribution in [-0.2, 0) is 12.8 Å². The van der Waals surface area contributed by atoms with Gasteiger partial charge in [-0.3, -0.25) is 4.40 Å². The van der Waals surface area contributed by atoms with Crippen molar-refractivity contribution in [2.75, 3.05) is 0 Å². The Balaban J connectivity index is 1.44. The molecule has 5 nitrogen and oxygen atoms in total. The predicted molar refractivity (Wildman–Crippen MR) is 123 cm³/mol. The third kappa shape index (κ3) is 3.56. The standard InChI is InChI=1S/C27H23N3O2/c31-27-23(16-21-13-14-25(32-21)20-11-12-20)29-26-22(15-18-7-3-1-4-8-18)28-24(17-30(26)27)19-9-5-2-6-10-19/h1-10,13-14,17,20,31H,11-12,15-16H2. The molecule has 1 aliphatic carbocycles. The summed E-state index contributed by atoms with van der Waals surface area (Å²) in [7, 11) is 0. The van der Waals surface area contributed by atoms with E-state index in [2.05, 4.69) is 18.2 Å². The molecule has 1 aliphatic rings. The second-order valence-corrected chi connectivity index (χ2v) is 8.43. The molecule has 3 aromatic heterocycles. The Bertz CT molecular complexity index is 1380. The summed E-state index contributed by atoms with van der Waals surface area (Å²) in [5, 5.41) is 11.1. The third-order valence-electron chi connectivity index (χ3n) is 6.01. The molecule has 0 amide bonds. The first kappa shape index (κ1) is 18.9. The molecule has 32 heavy (non-hydrogen) atoms. The maximum absolute atomic E-state index is 11.1. The van der Waals surface area contributed by atoms with Crippen LogP contribution in [0.3, 0.4) is 0 Å². The number of nitrogens with zero attached hydrogens (tertiary/aromatic N) is 3. The highest BCUT2D eigenvalue weighted by atomic mass is 16.3. The van der Waals surface area contributed by atoms with Gasteiger partial charge in [0.2, 0.25) is 5.88 Å². The minimum absolute atomic E-state index is 0.137. The Morgan fingerprint density at radius 1 is 0.844 bits per heavy atom. The van der Waals surface area contributed by atoms with Crippen molar-refractivity contribution in [1.82, 2.24) is 14.4 Å². The van der Waals surface area contributed by atoms with Crippen LogP contribution in [0.1, 0.15) is 47.2 Å². The summed E-state index contributed by atoms with van der Waals surface area (Å²) in [4.78, 5) is 9.74. The molecule has 1 fully saturated rings. The van der Waals surface area contributed by atoms with Crippen molar-refractivity contribution >= 4 is 5.65 Å². The van der Waals surface area contributed by atoms with Crippen molar-refractivity contribution in [2.24, 2.45) is 0 Å². The van der Waals surface area contributed by atoms with Gasteiger partial charge >= 0.3 is 0 Å². The number of hydrogen-bond donors (Lipinski definition) is 1. The molecule has 158 valence electrons. The molecule has 5 aromatic rings. The molecule has 0 aliphatic heterocycles. The van der Waals surface area contributed by atoms with Gasteiger partial charge in [0.15, 0.2) is 5.65 Å². The van der Waals surface area contributed by atoms with E-state index in [1.807, 2.05) is 60.8 Å². The van der Waals surface area contributed by atoms with E-state index in [0.717, 1.165) is 34.0 Å². The number of fused-ring (bicyclic) bond motifs is 1. The fourth-order valence-electron chi connectivity index (χ4n) is 4.16. The van der Waals surface area contributed by atoms with E-state index in [0.29, 0.717) is 30.1 Å². The summed E-state index contributed by atoms with van der Waals surface area (Å²) >= 11 is 0. The zero-order valence-corrected chi connectivity index (χ0v) is 17.6. The lowest BCUT2D eigenvalue weighted by atomic mass is 10.1. The van der Waals surface area contributed by atoms with E-state index in [4.69, 9.17) is 14.4 Å². The first-order chi connectivity index (χ1) is 15.7. The Labute approximate surface area is 186 Å². The lowest BCUT2D eigenvalue weighted by Crippen LogP contribution is -2.00. The minimum atomic E-state index is 0.137. The lowest BCUT2D eigenvalue weighted by Gasteiger charge is -2.08. The monoisotopic (exact) mass is 421 g/mol. The minimum Gasteiger partial charge on any atom is -0.493 e. The topological polar surface area (TPSA) is 63.6 Å². The maximum Gasteiger partial charge on any atom is 0.219 e. The number of aromatic nitrogens is 3. The number of furan rings is 1. The van der Waals surface area contributed by atoms with Crippen molar-refractivity contribution in [3.8, 4) is 17.1 Å². The van der Waals surface area contributed by atoms with Gasteiger partial charge in [0.05, 0.1) is 17.8 Å². The average molecular weight is 422 g/mol. The fourth-order valence-corrected chi connectivity index (χ4v) is 4.16. The summed E-state index contributed by atoms with van der Waals surface area (Å²) < 4.78 is 7.76. The predicted octanol–water partition coefficient (Wildman–Crippen LogP) is 5.75. The Hall–Kier alpha value is -3.86. The van der Waals surface area contributed by atoms with Gasteiger partial charge in [0.25, 0.3) is 0 Å². The average Bonchev–Trinajstić information content (AvgIpc) is 3.50. The largest absolute Gasteiger partial charge is 0.493 e. The van der Waals surface area contributed by atoms with Crippen molar-refractivity contribution < 1.29 is 9.52 Å². The first-order valence-corrected chi connectivity index (χ1v) is 11.0.